The summed E-state index contributed by atoms with van der Waals surface area (Å²) in [4.78, 5) is 16.4. The van der Waals surface area contributed by atoms with Crippen molar-refractivity contribution in [2.45, 2.75) is 45.6 Å². The summed E-state index contributed by atoms with van der Waals surface area (Å²) in [5.41, 5.74) is 1.29. The first-order valence-corrected chi connectivity index (χ1v) is 8.59. The summed E-state index contributed by atoms with van der Waals surface area (Å²) in [6.07, 6.45) is 5.36. The Bertz CT molecular complexity index is 611. The number of rotatable bonds is 9. The van der Waals surface area contributed by atoms with Gasteiger partial charge in [-0.05, 0) is 30.5 Å². The Morgan fingerprint density at radius 1 is 1.08 bits per heavy atom. The third-order valence-corrected chi connectivity index (χ3v) is 3.75. The van der Waals surface area contributed by atoms with Gasteiger partial charge >= 0.3 is 5.97 Å². The van der Waals surface area contributed by atoms with Gasteiger partial charge in [-0.2, -0.15) is 0 Å². The summed E-state index contributed by atoms with van der Waals surface area (Å²) in [6, 6.07) is 13.2. The molecule has 4 heteroatoms. The zero-order chi connectivity index (χ0) is 17.2. The monoisotopic (exact) mass is 327 g/mol. The molecule has 24 heavy (non-hydrogen) atoms. The van der Waals surface area contributed by atoms with Crippen molar-refractivity contribution < 1.29 is 14.3 Å². The number of hydrogen-bond acceptors (Lipinski definition) is 4. The van der Waals surface area contributed by atoms with Gasteiger partial charge in [-0.15, -0.1) is 0 Å². The highest BCUT2D eigenvalue weighted by molar-refractivity contribution is 5.87. The minimum absolute atomic E-state index is 0.259. The Balaban J connectivity index is 1.92. The summed E-state index contributed by atoms with van der Waals surface area (Å²) < 4.78 is 11.2. The topological polar surface area (TPSA) is 48.4 Å². The number of ether oxygens (including phenoxy) is 2. The molecule has 0 saturated heterocycles. The van der Waals surface area contributed by atoms with E-state index in [1.807, 2.05) is 37.3 Å². The summed E-state index contributed by atoms with van der Waals surface area (Å²) in [7, 11) is 0. The highest BCUT2D eigenvalue weighted by atomic mass is 16.5. The molecule has 0 aliphatic rings. The van der Waals surface area contributed by atoms with Crippen LogP contribution in [0.4, 0.5) is 0 Å². The second kappa shape index (κ2) is 9.71. The van der Waals surface area contributed by atoms with E-state index in [1.54, 1.807) is 18.3 Å². The van der Waals surface area contributed by atoms with Gasteiger partial charge in [0.05, 0.1) is 12.8 Å². The van der Waals surface area contributed by atoms with Crippen LogP contribution in [0.2, 0.25) is 0 Å². The van der Waals surface area contributed by atoms with Crippen molar-refractivity contribution in [2.75, 3.05) is 6.61 Å². The lowest BCUT2D eigenvalue weighted by molar-refractivity contribution is 0.0281. The normalized spacial score (nSPS) is 11.8. The van der Waals surface area contributed by atoms with Crippen LogP contribution in [-0.2, 0) is 4.74 Å². The molecular formula is C20H25NO3. The van der Waals surface area contributed by atoms with Crippen molar-refractivity contribution in [2.24, 2.45) is 0 Å². The largest absolute Gasteiger partial charge is 0.492 e. The standard InChI is InChI=1S/C20H25NO3/c1-3-5-9-14-23-17-12-13-18(21-15-17)20(22)24-19(4-2)16-10-7-6-8-11-16/h6-8,10-13,15,19H,3-5,9,14H2,1-2H3. The molecule has 0 amide bonds. The zero-order valence-electron chi connectivity index (χ0n) is 14.4. The molecule has 0 aliphatic carbocycles. The molecule has 1 atom stereocenters. The number of carbonyl (C=O) groups excluding carboxylic acids is 1. The van der Waals surface area contributed by atoms with Crippen LogP contribution in [0.5, 0.6) is 5.75 Å². The minimum atomic E-state index is -0.414. The molecule has 0 spiro atoms. The molecule has 0 aliphatic heterocycles. The van der Waals surface area contributed by atoms with E-state index in [0.29, 0.717) is 24.5 Å². The van der Waals surface area contributed by atoms with Gasteiger partial charge in [0.15, 0.2) is 0 Å². The van der Waals surface area contributed by atoms with Gasteiger partial charge in [0, 0.05) is 0 Å². The predicted molar refractivity (Wildman–Crippen MR) is 94.1 cm³/mol. The van der Waals surface area contributed by atoms with E-state index in [1.165, 1.54) is 0 Å². The second-order valence-electron chi connectivity index (χ2n) is 5.65. The zero-order valence-corrected chi connectivity index (χ0v) is 14.4. The first-order valence-electron chi connectivity index (χ1n) is 8.59. The molecular weight excluding hydrogens is 302 g/mol. The van der Waals surface area contributed by atoms with Crippen LogP contribution in [0.15, 0.2) is 48.7 Å². The number of esters is 1. The van der Waals surface area contributed by atoms with E-state index in [9.17, 15) is 4.79 Å². The fourth-order valence-corrected chi connectivity index (χ4v) is 2.37. The van der Waals surface area contributed by atoms with Gasteiger partial charge in [0.2, 0.25) is 0 Å². The number of aromatic nitrogens is 1. The van der Waals surface area contributed by atoms with Crippen molar-refractivity contribution >= 4 is 5.97 Å². The highest BCUT2D eigenvalue weighted by Crippen LogP contribution is 2.22. The third-order valence-electron chi connectivity index (χ3n) is 3.75. The van der Waals surface area contributed by atoms with E-state index in [4.69, 9.17) is 9.47 Å². The molecule has 0 radical (unpaired) electrons. The molecule has 0 saturated carbocycles. The van der Waals surface area contributed by atoms with Crippen molar-refractivity contribution in [1.29, 1.82) is 0 Å². The van der Waals surface area contributed by atoms with Crippen molar-refractivity contribution in [1.82, 2.24) is 4.98 Å². The summed E-state index contributed by atoms with van der Waals surface area (Å²) in [6.45, 7) is 4.82. The molecule has 4 nitrogen and oxygen atoms in total. The number of pyridine rings is 1. The second-order valence-corrected chi connectivity index (χ2v) is 5.65. The first kappa shape index (κ1) is 18.0. The average molecular weight is 327 g/mol. The number of carbonyl (C=O) groups is 1. The van der Waals surface area contributed by atoms with Gasteiger partial charge in [0.25, 0.3) is 0 Å². The fourth-order valence-electron chi connectivity index (χ4n) is 2.37. The fraction of sp³-hybridized carbons (Fsp3) is 0.400. The molecule has 1 heterocycles. The Kier molecular flexibility index (Phi) is 7.27. The van der Waals surface area contributed by atoms with Crippen molar-refractivity contribution in [3.63, 3.8) is 0 Å². The van der Waals surface area contributed by atoms with Gasteiger partial charge in [-0.25, -0.2) is 9.78 Å². The van der Waals surface area contributed by atoms with Crippen molar-refractivity contribution in [3.05, 3.63) is 59.9 Å². The van der Waals surface area contributed by atoms with Crippen molar-refractivity contribution in [3.8, 4) is 5.75 Å². The van der Waals surface area contributed by atoms with Crippen LogP contribution in [0.25, 0.3) is 0 Å². The molecule has 1 unspecified atom stereocenters. The lowest BCUT2D eigenvalue weighted by Crippen LogP contribution is -2.12. The first-order chi connectivity index (χ1) is 11.7. The van der Waals surface area contributed by atoms with Gasteiger partial charge < -0.3 is 9.47 Å². The summed E-state index contributed by atoms with van der Waals surface area (Å²) in [5, 5.41) is 0. The molecule has 128 valence electrons. The van der Waals surface area contributed by atoms with Crippen LogP contribution in [0.1, 0.15) is 61.7 Å². The Hall–Kier alpha value is -2.36. The maximum atomic E-state index is 12.3. The quantitative estimate of drug-likeness (QED) is 0.482. The average Bonchev–Trinajstić information content (AvgIpc) is 2.64. The van der Waals surface area contributed by atoms with Crippen LogP contribution in [-0.4, -0.2) is 17.6 Å². The number of hydrogen-bond donors (Lipinski definition) is 0. The minimum Gasteiger partial charge on any atom is -0.492 e. The molecule has 1 aromatic carbocycles. The Morgan fingerprint density at radius 3 is 2.50 bits per heavy atom. The number of nitrogens with zero attached hydrogens (tertiary/aromatic N) is 1. The molecule has 0 N–H and O–H groups in total. The SMILES string of the molecule is CCCCCOc1ccc(C(=O)OC(CC)c2ccccc2)nc1. The smallest absolute Gasteiger partial charge is 0.357 e. The van der Waals surface area contributed by atoms with E-state index in [0.717, 1.165) is 24.8 Å². The van der Waals surface area contributed by atoms with Crippen LogP contribution >= 0.6 is 0 Å². The molecule has 2 aromatic rings. The van der Waals surface area contributed by atoms with Gasteiger partial charge in [-0.3, -0.25) is 0 Å². The van der Waals surface area contributed by atoms with E-state index in [2.05, 4.69) is 11.9 Å². The van der Waals surface area contributed by atoms with Crippen LogP contribution < -0.4 is 4.74 Å². The summed E-state index contributed by atoms with van der Waals surface area (Å²) >= 11 is 0. The molecule has 1 aromatic heterocycles. The van der Waals surface area contributed by atoms with Gasteiger partial charge in [-0.1, -0.05) is 57.0 Å². The Morgan fingerprint density at radius 2 is 1.88 bits per heavy atom. The number of benzene rings is 1. The van der Waals surface area contributed by atoms with E-state index < -0.39 is 5.97 Å². The lowest BCUT2D eigenvalue weighted by Gasteiger charge is -2.16. The molecule has 2 rings (SSSR count). The van der Waals surface area contributed by atoms with Crippen LogP contribution in [0.3, 0.4) is 0 Å². The molecule has 0 bridgehead atoms. The maximum absolute atomic E-state index is 12.3. The highest BCUT2D eigenvalue weighted by Gasteiger charge is 2.17. The maximum Gasteiger partial charge on any atom is 0.357 e. The third kappa shape index (κ3) is 5.37. The predicted octanol–water partition coefficient (Wildman–Crippen LogP) is 4.96. The molecule has 0 fully saturated rings. The Labute approximate surface area is 143 Å². The van der Waals surface area contributed by atoms with E-state index in [-0.39, 0.29) is 6.10 Å². The van der Waals surface area contributed by atoms with Crippen LogP contribution in [0, 0.1) is 0 Å². The summed E-state index contributed by atoms with van der Waals surface area (Å²) in [5.74, 6) is 0.265. The lowest BCUT2D eigenvalue weighted by atomic mass is 10.1. The van der Waals surface area contributed by atoms with Gasteiger partial charge in [0.1, 0.15) is 17.5 Å². The number of unbranched alkanes of at least 4 members (excludes halogenated alkanes) is 2. The van der Waals surface area contributed by atoms with E-state index >= 15 is 0 Å².